The summed E-state index contributed by atoms with van der Waals surface area (Å²) in [4.78, 5) is 12.5. The zero-order valence-electron chi connectivity index (χ0n) is 9.82. The van der Waals surface area contributed by atoms with Gasteiger partial charge in [-0.1, -0.05) is 0 Å². The van der Waals surface area contributed by atoms with Crippen LogP contribution in [0.5, 0.6) is 0 Å². The Bertz CT molecular complexity index is 317. The average molecular weight is 219 g/mol. The van der Waals surface area contributed by atoms with Gasteiger partial charge in [-0.3, -0.25) is 4.79 Å². The van der Waals surface area contributed by atoms with Crippen molar-refractivity contribution in [3.05, 3.63) is 0 Å². The van der Waals surface area contributed by atoms with Crippen LogP contribution in [0.15, 0.2) is 0 Å². The molecule has 0 spiro atoms. The number of hydrogen-bond acceptors (Lipinski definition) is 2. The minimum absolute atomic E-state index is 0.361. The molecule has 5 aliphatic carbocycles. The number of ketones is 1. The molecule has 88 valence electrons. The summed E-state index contributed by atoms with van der Waals surface area (Å²) in [5.41, 5.74) is 5.75. The van der Waals surface area contributed by atoms with Crippen LogP contribution in [0.2, 0.25) is 0 Å². The van der Waals surface area contributed by atoms with E-state index in [2.05, 4.69) is 0 Å². The predicted molar refractivity (Wildman–Crippen MR) is 61.7 cm³/mol. The van der Waals surface area contributed by atoms with Crippen LogP contribution in [0.3, 0.4) is 0 Å². The van der Waals surface area contributed by atoms with Crippen molar-refractivity contribution in [1.29, 1.82) is 0 Å². The van der Waals surface area contributed by atoms with E-state index in [1.807, 2.05) is 0 Å². The fourth-order valence-electron chi connectivity index (χ4n) is 5.07. The van der Waals surface area contributed by atoms with Crippen LogP contribution < -0.4 is 5.73 Å². The number of Topliss-reactive ketones (excluding diaryl/α,β-unsaturated/α-hetero) is 1. The number of nitrogens with two attached hydrogens (primary N) is 1. The zero-order valence-corrected chi connectivity index (χ0v) is 9.82. The van der Waals surface area contributed by atoms with Crippen LogP contribution in [0.25, 0.3) is 0 Å². The van der Waals surface area contributed by atoms with Crippen LogP contribution >= 0.6 is 0 Å². The summed E-state index contributed by atoms with van der Waals surface area (Å²) in [5.74, 6) is 4.15. The molecule has 16 heavy (non-hydrogen) atoms. The lowest BCUT2D eigenvalue weighted by molar-refractivity contribution is -0.138. The third kappa shape index (κ3) is 1.20. The van der Waals surface area contributed by atoms with E-state index in [0.29, 0.717) is 23.5 Å². The number of carbonyl (C=O) groups excluding carboxylic acids is 1. The minimum Gasteiger partial charge on any atom is -0.319 e. The van der Waals surface area contributed by atoms with Crippen LogP contribution in [0, 0.1) is 29.6 Å². The Morgan fingerprint density at radius 1 is 0.938 bits per heavy atom. The first kappa shape index (κ1) is 9.64. The molecule has 2 nitrogen and oxygen atoms in total. The van der Waals surface area contributed by atoms with E-state index in [1.54, 1.807) is 0 Å². The Hall–Kier alpha value is -0.370. The third-order valence-corrected chi connectivity index (χ3v) is 5.81. The van der Waals surface area contributed by atoms with Crippen molar-refractivity contribution in [2.45, 2.75) is 50.5 Å². The Kier molecular flexibility index (Phi) is 1.75. The SMILES string of the molecule is NC1(C(=O)C2C3CC4CC(C3)CC2C4)CC1. The molecule has 0 saturated heterocycles. The molecule has 0 atom stereocenters. The summed E-state index contributed by atoms with van der Waals surface area (Å²) < 4.78 is 0. The molecule has 0 aliphatic heterocycles. The van der Waals surface area contributed by atoms with Crippen molar-refractivity contribution in [2.24, 2.45) is 35.3 Å². The second kappa shape index (κ2) is 2.90. The molecule has 5 aliphatic rings. The summed E-state index contributed by atoms with van der Waals surface area (Å²) in [5, 5.41) is 0. The van der Waals surface area contributed by atoms with Gasteiger partial charge in [0.15, 0.2) is 5.78 Å². The summed E-state index contributed by atoms with van der Waals surface area (Å²) in [6.07, 6.45) is 8.70. The Morgan fingerprint density at radius 3 is 1.88 bits per heavy atom. The zero-order chi connectivity index (χ0) is 10.9. The highest BCUT2D eigenvalue weighted by Crippen LogP contribution is 2.58. The van der Waals surface area contributed by atoms with E-state index in [0.717, 1.165) is 24.7 Å². The maximum absolute atomic E-state index is 12.5. The number of carbonyl (C=O) groups is 1. The fourth-order valence-corrected chi connectivity index (χ4v) is 5.07. The first-order valence-corrected chi connectivity index (χ1v) is 6.99. The van der Waals surface area contributed by atoms with Gasteiger partial charge in [0, 0.05) is 5.92 Å². The number of hydrogen-bond donors (Lipinski definition) is 1. The standard InChI is InChI=1S/C14H21NO/c15-14(1-2-14)13(16)12-10-4-8-3-9(6-10)7-11(12)5-8/h8-12H,1-7,15H2. The average Bonchev–Trinajstić information content (AvgIpc) is 2.96. The van der Waals surface area contributed by atoms with E-state index in [-0.39, 0.29) is 5.54 Å². The summed E-state index contributed by atoms with van der Waals surface area (Å²) in [6.45, 7) is 0. The van der Waals surface area contributed by atoms with E-state index >= 15 is 0 Å². The molecule has 5 fully saturated rings. The van der Waals surface area contributed by atoms with E-state index in [9.17, 15) is 4.79 Å². The first-order chi connectivity index (χ1) is 7.66. The topological polar surface area (TPSA) is 43.1 Å². The first-order valence-electron chi connectivity index (χ1n) is 6.99. The summed E-state index contributed by atoms with van der Waals surface area (Å²) in [6, 6.07) is 0. The van der Waals surface area contributed by atoms with E-state index < -0.39 is 0 Å². The maximum atomic E-state index is 12.5. The van der Waals surface area contributed by atoms with Crippen LogP contribution in [-0.4, -0.2) is 11.3 Å². The van der Waals surface area contributed by atoms with Crippen molar-refractivity contribution >= 4 is 5.78 Å². The van der Waals surface area contributed by atoms with Gasteiger partial charge in [0.2, 0.25) is 0 Å². The lowest BCUT2D eigenvalue weighted by atomic mass is 9.50. The normalized spacial score (nSPS) is 51.7. The molecule has 4 bridgehead atoms. The molecule has 0 aromatic heterocycles. The predicted octanol–water partition coefficient (Wildman–Crippen LogP) is 2.12. The van der Waals surface area contributed by atoms with Crippen molar-refractivity contribution in [3.8, 4) is 0 Å². The smallest absolute Gasteiger partial charge is 0.156 e. The van der Waals surface area contributed by atoms with Gasteiger partial charge in [-0.2, -0.15) is 0 Å². The molecular weight excluding hydrogens is 198 g/mol. The van der Waals surface area contributed by atoms with Crippen molar-refractivity contribution in [1.82, 2.24) is 0 Å². The highest BCUT2D eigenvalue weighted by atomic mass is 16.1. The Balaban J connectivity index is 1.62. The molecule has 0 radical (unpaired) electrons. The van der Waals surface area contributed by atoms with Gasteiger partial charge >= 0.3 is 0 Å². The van der Waals surface area contributed by atoms with Gasteiger partial charge < -0.3 is 5.73 Å². The van der Waals surface area contributed by atoms with E-state index in [4.69, 9.17) is 5.73 Å². The van der Waals surface area contributed by atoms with Crippen LogP contribution in [-0.2, 0) is 4.79 Å². The molecule has 5 rings (SSSR count). The van der Waals surface area contributed by atoms with Gasteiger partial charge in [-0.15, -0.1) is 0 Å². The van der Waals surface area contributed by atoms with Gasteiger partial charge in [-0.25, -0.2) is 0 Å². The molecule has 2 heteroatoms. The molecule has 0 unspecified atom stereocenters. The van der Waals surface area contributed by atoms with E-state index in [1.165, 1.54) is 32.1 Å². The monoisotopic (exact) mass is 219 g/mol. The lowest BCUT2D eigenvalue weighted by Gasteiger charge is -2.54. The second-order valence-corrected chi connectivity index (χ2v) is 6.98. The molecule has 0 aromatic rings. The quantitative estimate of drug-likeness (QED) is 0.773. The Morgan fingerprint density at radius 2 is 1.44 bits per heavy atom. The molecular formula is C14H21NO. The highest BCUT2D eigenvalue weighted by molar-refractivity contribution is 5.93. The third-order valence-electron chi connectivity index (χ3n) is 5.81. The van der Waals surface area contributed by atoms with Gasteiger partial charge in [-0.05, 0) is 68.6 Å². The minimum atomic E-state index is -0.375. The van der Waals surface area contributed by atoms with Crippen molar-refractivity contribution < 1.29 is 4.79 Å². The van der Waals surface area contributed by atoms with Crippen molar-refractivity contribution in [3.63, 3.8) is 0 Å². The molecule has 5 saturated carbocycles. The molecule has 0 aromatic carbocycles. The number of rotatable bonds is 2. The molecule has 0 amide bonds. The highest BCUT2D eigenvalue weighted by Gasteiger charge is 2.56. The second-order valence-electron chi connectivity index (χ2n) is 6.98. The van der Waals surface area contributed by atoms with Gasteiger partial charge in [0.1, 0.15) is 0 Å². The van der Waals surface area contributed by atoms with Gasteiger partial charge in [0.05, 0.1) is 5.54 Å². The van der Waals surface area contributed by atoms with Crippen LogP contribution in [0.4, 0.5) is 0 Å². The maximum Gasteiger partial charge on any atom is 0.156 e. The molecule has 2 N–H and O–H groups in total. The van der Waals surface area contributed by atoms with Crippen molar-refractivity contribution in [2.75, 3.05) is 0 Å². The summed E-state index contributed by atoms with van der Waals surface area (Å²) in [7, 11) is 0. The summed E-state index contributed by atoms with van der Waals surface area (Å²) >= 11 is 0. The van der Waals surface area contributed by atoms with Crippen LogP contribution in [0.1, 0.15) is 44.9 Å². The lowest BCUT2D eigenvalue weighted by Crippen LogP contribution is -2.52. The Labute approximate surface area is 97.0 Å². The van der Waals surface area contributed by atoms with Gasteiger partial charge in [0.25, 0.3) is 0 Å². The largest absolute Gasteiger partial charge is 0.319 e. The fraction of sp³-hybridized carbons (Fsp3) is 0.929. The molecule has 0 heterocycles.